The van der Waals surface area contributed by atoms with E-state index in [1.807, 2.05) is 0 Å². The van der Waals surface area contributed by atoms with Gasteiger partial charge in [-0.3, -0.25) is 0 Å². The van der Waals surface area contributed by atoms with E-state index >= 15 is 0 Å². The van der Waals surface area contributed by atoms with Gasteiger partial charge in [0.2, 0.25) is 10.0 Å². The lowest BCUT2D eigenvalue weighted by molar-refractivity contribution is 0.0186. The van der Waals surface area contributed by atoms with E-state index in [1.165, 1.54) is 10.7 Å². The second kappa shape index (κ2) is 8.15. The minimum Gasteiger partial charge on any atom is -0.493 e. The van der Waals surface area contributed by atoms with Crippen molar-refractivity contribution in [2.45, 2.75) is 19.4 Å². The number of sulfonamides is 1. The van der Waals surface area contributed by atoms with Gasteiger partial charge in [0.1, 0.15) is 11.4 Å². The standard InChI is InChI=1S/C17H22FN3O4S/c1-2-26(22,23)20-16-6-9-24-11-13(16)12-25-14-4-5-17(15(18)10-14)21-8-3-7-19-21/h3-5,7-8,10,13,16,20H,2,6,9,11-12H2,1H3. The molecular formula is C17H22FN3O4S. The Morgan fingerprint density at radius 1 is 1.46 bits per heavy atom. The quantitative estimate of drug-likeness (QED) is 0.787. The highest BCUT2D eigenvalue weighted by Gasteiger charge is 2.29. The number of aromatic nitrogens is 2. The summed E-state index contributed by atoms with van der Waals surface area (Å²) in [6.07, 6.45) is 3.81. The summed E-state index contributed by atoms with van der Waals surface area (Å²) in [6.45, 7) is 2.72. The van der Waals surface area contributed by atoms with Crippen molar-refractivity contribution in [1.29, 1.82) is 0 Å². The molecule has 1 aromatic carbocycles. The number of nitrogens with zero attached hydrogens (tertiary/aromatic N) is 2. The van der Waals surface area contributed by atoms with Crippen LogP contribution in [0.2, 0.25) is 0 Å². The van der Waals surface area contributed by atoms with Gasteiger partial charge in [0.25, 0.3) is 0 Å². The Kier molecular flexibility index (Phi) is 5.90. The summed E-state index contributed by atoms with van der Waals surface area (Å²) < 4.78 is 53.2. The Hall–Kier alpha value is -1.97. The van der Waals surface area contributed by atoms with Crippen LogP contribution in [0.5, 0.6) is 5.75 Å². The van der Waals surface area contributed by atoms with Gasteiger partial charge in [-0.25, -0.2) is 22.2 Å². The number of hydrogen-bond donors (Lipinski definition) is 1. The summed E-state index contributed by atoms with van der Waals surface area (Å²) in [5.41, 5.74) is 0.330. The van der Waals surface area contributed by atoms with E-state index in [2.05, 4.69) is 9.82 Å². The smallest absolute Gasteiger partial charge is 0.211 e. The van der Waals surface area contributed by atoms with Crippen molar-refractivity contribution in [1.82, 2.24) is 14.5 Å². The normalized spacial score (nSPS) is 20.8. The van der Waals surface area contributed by atoms with Crippen LogP contribution in [0.25, 0.3) is 5.69 Å². The van der Waals surface area contributed by atoms with Gasteiger partial charge in [-0.1, -0.05) is 0 Å². The molecule has 0 bridgehead atoms. The lowest BCUT2D eigenvalue weighted by Crippen LogP contribution is -2.47. The first-order chi connectivity index (χ1) is 12.5. The lowest BCUT2D eigenvalue weighted by Gasteiger charge is -2.31. The van der Waals surface area contributed by atoms with Gasteiger partial charge in [-0.05, 0) is 31.5 Å². The molecule has 0 saturated carbocycles. The van der Waals surface area contributed by atoms with Crippen molar-refractivity contribution in [2.24, 2.45) is 5.92 Å². The Morgan fingerprint density at radius 2 is 2.31 bits per heavy atom. The predicted octanol–water partition coefficient (Wildman–Crippen LogP) is 1.73. The molecule has 1 aliphatic rings. The highest BCUT2D eigenvalue weighted by Crippen LogP contribution is 2.22. The number of benzene rings is 1. The van der Waals surface area contributed by atoms with Gasteiger partial charge in [0.15, 0.2) is 5.82 Å². The largest absolute Gasteiger partial charge is 0.493 e. The second-order valence-corrected chi connectivity index (χ2v) is 8.17. The lowest BCUT2D eigenvalue weighted by atomic mass is 9.98. The molecule has 2 atom stereocenters. The van der Waals surface area contributed by atoms with E-state index in [0.29, 0.717) is 31.1 Å². The summed E-state index contributed by atoms with van der Waals surface area (Å²) in [4.78, 5) is 0. The summed E-state index contributed by atoms with van der Waals surface area (Å²) in [5, 5.41) is 4.00. The molecule has 1 aromatic heterocycles. The van der Waals surface area contributed by atoms with Crippen LogP contribution in [-0.4, -0.2) is 49.8 Å². The number of hydrogen-bond acceptors (Lipinski definition) is 5. The number of ether oxygens (including phenoxy) is 2. The van der Waals surface area contributed by atoms with Crippen molar-refractivity contribution in [3.8, 4) is 11.4 Å². The third kappa shape index (κ3) is 4.60. The van der Waals surface area contributed by atoms with Crippen LogP contribution in [0.15, 0.2) is 36.7 Å². The average Bonchev–Trinajstić information content (AvgIpc) is 3.15. The Balaban J connectivity index is 1.64. The topological polar surface area (TPSA) is 82.5 Å². The summed E-state index contributed by atoms with van der Waals surface area (Å²) in [5.74, 6) is -0.188. The fourth-order valence-corrected chi connectivity index (χ4v) is 3.75. The maximum absolute atomic E-state index is 14.3. The third-order valence-electron chi connectivity index (χ3n) is 4.32. The van der Waals surface area contributed by atoms with Gasteiger partial charge in [-0.2, -0.15) is 5.10 Å². The van der Waals surface area contributed by atoms with Crippen LogP contribution in [0.1, 0.15) is 13.3 Å². The molecule has 2 unspecified atom stereocenters. The van der Waals surface area contributed by atoms with Gasteiger partial charge in [-0.15, -0.1) is 0 Å². The zero-order chi connectivity index (χ0) is 18.6. The molecule has 1 N–H and O–H groups in total. The second-order valence-electron chi connectivity index (χ2n) is 6.13. The number of nitrogens with one attached hydrogen (secondary N) is 1. The molecular weight excluding hydrogens is 361 g/mol. The first-order valence-electron chi connectivity index (χ1n) is 8.48. The number of halogens is 1. The Morgan fingerprint density at radius 3 is 3.00 bits per heavy atom. The molecule has 0 aliphatic carbocycles. The maximum atomic E-state index is 14.3. The molecule has 1 aliphatic heterocycles. The molecule has 0 spiro atoms. The van der Waals surface area contributed by atoms with E-state index in [9.17, 15) is 12.8 Å². The van der Waals surface area contributed by atoms with E-state index in [0.717, 1.165) is 0 Å². The molecule has 7 nitrogen and oxygen atoms in total. The van der Waals surface area contributed by atoms with Crippen molar-refractivity contribution >= 4 is 10.0 Å². The molecule has 2 aromatic rings. The van der Waals surface area contributed by atoms with E-state index in [1.54, 1.807) is 37.5 Å². The molecule has 0 radical (unpaired) electrons. The van der Waals surface area contributed by atoms with Gasteiger partial charge in [0.05, 0.1) is 19.0 Å². The molecule has 142 valence electrons. The Labute approximate surface area is 152 Å². The first-order valence-corrected chi connectivity index (χ1v) is 10.1. The summed E-state index contributed by atoms with van der Waals surface area (Å²) >= 11 is 0. The van der Waals surface area contributed by atoms with Gasteiger partial charge < -0.3 is 9.47 Å². The van der Waals surface area contributed by atoms with Gasteiger partial charge >= 0.3 is 0 Å². The van der Waals surface area contributed by atoms with E-state index in [4.69, 9.17) is 9.47 Å². The minimum atomic E-state index is -3.30. The highest BCUT2D eigenvalue weighted by atomic mass is 32.2. The Bertz CT molecular complexity index is 827. The molecule has 3 rings (SSSR count). The molecule has 26 heavy (non-hydrogen) atoms. The molecule has 2 heterocycles. The van der Waals surface area contributed by atoms with Crippen LogP contribution < -0.4 is 9.46 Å². The molecule has 0 amide bonds. The van der Waals surface area contributed by atoms with Crippen LogP contribution in [0.4, 0.5) is 4.39 Å². The monoisotopic (exact) mass is 383 g/mol. The highest BCUT2D eigenvalue weighted by molar-refractivity contribution is 7.89. The minimum absolute atomic E-state index is 0.0258. The van der Waals surface area contributed by atoms with Crippen LogP contribution in [-0.2, 0) is 14.8 Å². The maximum Gasteiger partial charge on any atom is 0.211 e. The van der Waals surface area contributed by atoms with Crippen molar-refractivity contribution in [3.05, 3.63) is 42.5 Å². The zero-order valence-electron chi connectivity index (χ0n) is 14.5. The summed E-state index contributed by atoms with van der Waals surface area (Å²) in [6, 6.07) is 6.01. The summed E-state index contributed by atoms with van der Waals surface area (Å²) in [7, 11) is -3.30. The van der Waals surface area contributed by atoms with Crippen LogP contribution in [0, 0.1) is 11.7 Å². The van der Waals surface area contributed by atoms with Crippen LogP contribution >= 0.6 is 0 Å². The van der Waals surface area contributed by atoms with E-state index in [-0.39, 0.29) is 24.3 Å². The average molecular weight is 383 g/mol. The fraction of sp³-hybridized carbons (Fsp3) is 0.471. The SMILES string of the molecule is CCS(=O)(=O)NC1CCOCC1COc1ccc(-n2cccn2)c(F)c1. The number of rotatable bonds is 7. The van der Waals surface area contributed by atoms with Crippen molar-refractivity contribution in [2.75, 3.05) is 25.6 Å². The fourth-order valence-electron chi connectivity index (χ4n) is 2.81. The predicted molar refractivity (Wildman–Crippen MR) is 94.3 cm³/mol. The van der Waals surface area contributed by atoms with Crippen molar-refractivity contribution in [3.63, 3.8) is 0 Å². The zero-order valence-corrected chi connectivity index (χ0v) is 15.3. The molecule has 9 heteroatoms. The molecule has 1 fully saturated rings. The first kappa shape index (κ1) is 18.8. The van der Waals surface area contributed by atoms with Crippen LogP contribution in [0.3, 0.4) is 0 Å². The van der Waals surface area contributed by atoms with Gasteiger partial charge in [0, 0.05) is 37.0 Å². The van der Waals surface area contributed by atoms with E-state index < -0.39 is 15.8 Å². The molecule has 1 saturated heterocycles. The van der Waals surface area contributed by atoms with Crippen molar-refractivity contribution < 1.29 is 22.3 Å². The third-order valence-corrected chi connectivity index (χ3v) is 5.74.